The summed E-state index contributed by atoms with van der Waals surface area (Å²) in [7, 11) is 1.50. The van der Waals surface area contributed by atoms with Gasteiger partial charge in [-0.25, -0.2) is 4.79 Å². The molecule has 4 amide bonds. The molecular formula is C21H27N3O6. The molecule has 0 atom stereocenters. The van der Waals surface area contributed by atoms with Gasteiger partial charge in [-0.1, -0.05) is 18.9 Å². The second kappa shape index (κ2) is 9.15. The molecule has 3 rings (SSSR count). The molecule has 0 radical (unpaired) electrons. The fourth-order valence-corrected chi connectivity index (χ4v) is 3.90. The third-order valence-corrected chi connectivity index (χ3v) is 5.46. The van der Waals surface area contributed by atoms with Gasteiger partial charge in [0, 0.05) is 13.0 Å². The van der Waals surface area contributed by atoms with Crippen molar-refractivity contribution in [2.45, 2.75) is 51.0 Å². The number of nitrogens with zero attached hydrogens (tertiary/aromatic N) is 1. The Morgan fingerprint density at radius 2 is 1.97 bits per heavy atom. The van der Waals surface area contributed by atoms with Crippen molar-refractivity contribution in [3.05, 3.63) is 23.8 Å². The summed E-state index contributed by atoms with van der Waals surface area (Å²) in [6, 6.07) is 4.95. The van der Waals surface area contributed by atoms with Crippen LogP contribution in [0.3, 0.4) is 0 Å². The molecule has 1 aromatic rings. The van der Waals surface area contributed by atoms with Crippen LogP contribution in [0, 0.1) is 6.92 Å². The number of amides is 4. The second-order valence-electron chi connectivity index (χ2n) is 7.69. The number of carbonyl (C=O) groups excluding carboxylic acids is 4. The molecule has 2 fully saturated rings. The first kappa shape index (κ1) is 21.6. The zero-order valence-electron chi connectivity index (χ0n) is 17.3. The fraction of sp³-hybridized carbons (Fsp3) is 0.524. The molecule has 162 valence electrons. The molecule has 9 heteroatoms. The number of aryl methyl sites for hydroxylation is 1. The molecule has 1 saturated carbocycles. The van der Waals surface area contributed by atoms with E-state index in [2.05, 4.69) is 10.6 Å². The van der Waals surface area contributed by atoms with Gasteiger partial charge in [0.05, 0.1) is 12.8 Å². The van der Waals surface area contributed by atoms with Gasteiger partial charge in [0.15, 0.2) is 6.61 Å². The normalized spacial score (nSPS) is 17.2. The van der Waals surface area contributed by atoms with Crippen molar-refractivity contribution in [2.24, 2.45) is 0 Å². The summed E-state index contributed by atoms with van der Waals surface area (Å²) in [6.45, 7) is 1.60. The van der Waals surface area contributed by atoms with E-state index in [0.717, 1.165) is 18.4 Å². The Morgan fingerprint density at radius 3 is 2.67 bits per heavy atom. The largest absolute Gasteiger partial charge is 0.495 e. The number of hydrogen-bond donors (Lipinski definition) is 2. The Bertz CT molecular complexity index is 847. The van der Waals surface area contributed by atoms with Gasteiger partial charge in [0.25, 0.3) is 11.8 Å². The maximum atomic E-state index is 12.5. The first-order valence-corrected chi connectivity index (χ1v) is 10.1. The predicted octanol–water partition coefficient (Wildman–Crippen LogP) is 2.13. The van der Waals surface area contributed by atoms with Gasteiger partial charge in [0.2, 0.25) is 0 Å². The van der Waals surface area contributed by atoms with Gasteiger partial charge in [-0.15, -0.1) is 0 Å². The van der Waals surface area contributed by atoms with Gasteiger partial charge < -0.3 is 20.1 Å². The molecule has 1 spiro atoms. The number of benzene rings is 1. The lowest BCUT2D eigenvalue weighted by molar-refractivity contribution is -0.147. The van der Waals surface area contributed by atoms with Gasteiger partial charge >= 0.3 is 12.0 Å². The van der Waals surface area contributed by atoms with Crippen LogP contribution in [0.1, 0.15) is 44.1 Å². The number of anilines is 1. The summed E-state index contributed by atoms with van der Waals surface area (Å²) in [5, 5.41) is 5.45. The summed E-state index contributed by atoms with van der Waals surface area (Å²) in [5.41, 5.74) is 0.702. The van der Waals surface area contributed by atoms with E-state index in [1.54, 1.807) is 12.1 Å². The maximum absolute atomic E-state index is 12.5. The molecule has 0 bridgehead atoms. The minimum Gasteiger partial charge on any atom is -0.495 e. The molecular weight excluding hydrogens is 390 g/mol. The van der Waals surface area contributed by atoms with Crippen molar-refractivity contribution < 1.29 is 28.7 Å². The van der Waals surface area contributed by atoms with Gasteiger partial charge in [-0.3, -0.25) is 19.3 Å². The van der Waals surface area contributed by atoms with Crippen LogP contribution in [0.15, 0.2) is 18.2 Å². The van der Waals surface area contributed by atoms with Crippen molar-refractivity contribution in [3.8, 4) is 5.75 Å². The summed E-state index contributed by atoms with van der Waals surface area (Å²) in [4.78, 5) is 49.8. The third-order valence-electron chi connectivity index (χ3n) is 5.46. The summed E-state index contributed by atoms with van der Waals surface area (Å²) in [5.74, 6) is -0.743. The lowest BCUT2D eigenvalue weighted by Gasteiger charge is -2.19. The summed E-state index contributed by atoms with van der Waals surface area (Å²) < 4.78 is 10.2. The van der Waals surface area contributed by atoms with Crippen LogP contribution in [0.25, 0.3) is 0 Å². The first-order valence-electron chi connectivity index (χ1n) is 10.1. The Kier molecular flexibility index (Phi) is 6.59. The van der Waals surface area contributed by atoms with Crippen molar-refractivity contribution in [1.29, 1.82) is 0 Å². The molecule has 30 heavy (non-hydrogen) atoms. The number of imide groups is 1. The minimum absolute atomic E-state index is 0.00507. The molecule has 1 aliphatic carbocycles. The monoisotopic (exact) mass is 417 g/mol. The Morgan fingerprint density at radius 1 is 1.23 bits per heavy atom. The molecule has 0 aromatic heterocycles. The minimum atomic E-state index is -0.744. The number of carbonyl (C=O) groups is 4. The predicted molar refractivity (Wildman–Crippen MR) is 108 cm³/mol. The Hall–Kier alpha value is -3.10. The number of hydrogen-bond acceptors (Lipinski definition) is 6. The smallest absolute Gasteiger partial charge is 0.325 e. The molecule has 2 aliphatic rings. The zero-order valence-corrected chi connectivity index (χ0v) is 17.3. The fourth-order valence-electron chi connectivity index (χ4n) is 3.90. The average Bonchev–Trinajstić information content (AvgIpc) is 3.27. The van der Waals surface area contributed by atoms with Gasteiger partial charge in [0.1, 0.15) is 11.3 Å². The van der Waals surface area contributed by atoms with Gasteiger partial charge in [-0.05, 0) is 43.9 Å². The van der Waals surface area contributed by atoms with Crippen molar-refractivity contribution in [1.82, 2.24) is 10.2 Å². The van der Waals surface area contributed by atoms with Crippen LogP contribution >= 0.6 is 0 Å². The highest BCUT2D eigenvalue weighted by Gasteiger charge is 2.52. The standard InChI is InChI=1S/C21H27N3O6/c1-14-7-8-16(29-2)15(12-14)22-17(25)13-30-18(26)6-5-11-24-19(27)21(23-20(24)28)9-3-4-10-21/h7-8,12H,3-6,9-11,13H2,1-2H3,(H,22,25)(H,23,28). The Labute approximate surface area is 175 Å². The SMILES string of the molecule is COc1ccc(C)cc1NC(=O)COC(=O)CCCN1C(=O)NC2(CCCC2)C1=O. The van der Waals surface area contributed by atoms with E-state index in [1.165, 1.54) is 12.0 Å². The highest BCUT2D eigenvalue weighted by molar-refractivity contribution is 6.07. The second-order valence-corrected chi connectivity index (χ2v) is 7.69. The molecule has 1 saturated heterocycles. The number of urea groups is 1. The highest BCUT2D eigenvalue weighted by atomic mass is 16.5. The van der Waals surface area contributed by atoms with Crippen LogP contribution < -0.4 is 15.4 Å². The highest BCUT2D eigenvalue weighted by Crippen LogP contribution is 2.35. The number of esters is 1. The average molecular weight is 417 g/mol. The quantitative estimate of drug-likeness (QED) is 0.495. The van der Waals surface area contributed by atoms with Crippen LogP contribution in [0.5, 0.6) is 5.75 Å². The van der Waals surface area contributed by atoms with Crippen molar-refractivity contribution in [2.75, 3.05) is 25.6 Å². The van der Waals surface area contributed by atoms with Crippen molar-refractivity contribution >= 4 is 29.5 Å². The van der Waals surface area contributed by atoms with Gasteiger partial charge in [-0.2, -0.15) is 0 Å². The lowest BCUT2D eigenvalue weighted by atomic mass is 9.98. The number of nitrogens with one attached hydrogen (secondary N) is 2. The number of methoxy groups -OCH3 is 1. The maximum Gasteiger partial charge on any atom is 0.325 e. The summed E-state index contributed by atoms with van der Waals surface area (Å²) >= 11 is 0. The number of ether oxygens (including phenoxy) is 2. The lowest BCUT2D eigenvalue weighted by Crippen LogP contribution is -2.44. The molecule has 9 nitrogen and oxygen atoms in total. The first-order chi connectivity index (χ1) is 14.3. The molecule has 1 heterocycles. The van der Waals surface area contributed by atoms with E-state index < -0.39 is 30.1 Å². The molecule has 0 unspecified atom stereocenters. The zero-order chi connectivity index (χ0) is 21.7. The van der Waals surface area contributed by atoms with E-state index in [0.29, 0.717) is 24.3 Å². The molecule has 2 N–H and O–H groups in total. The van der Waals surface area contributed by atoms with E-state index >= 15 is 0 Å². The molecule has 1 aliphatic heterocycles. The Balaban J connectivity index is 1.40. The van der Waals surface area contributed by atoms with E-state index in [9.17, 15) is 19.2 Å². The third kappa shape index (κ3) is 4.72. The number of rotatable bonds is 8. The van der Waals surface area contributed by atoms with Crippen LogP contribution in [-0.4, -0.2) is 54.5 Å². The van der Waals surface area contributed by atoms with E-state index in [1.807, 2.05) is 13.0 Å². The summed E-state index contributed by atoms with van der Waals surface area (Å²) in [6.07, 6.45) is 3.45. The van der Waals surface area contributed by atoms with E-state index in [4.69, 9.17) is 9.47 Å². The van der Waals surface area contributed by atoms with Crippen LogP contribution in [0.2, 0.25) is 0 Å². The van der Waals surface area contributed by atoms with Crippen LogP contribution in [-0.2, 0) is 19.1 Å². The van der Waals surface area contributed by atoms with Crippen molar-refractivity contribution in [3.63, 3.8) is 0 Å². The van der Waals surface area contributed by atoms with Crippen LogP contribution in [0.4, 0.5) is 10.5 Å². The molecule has 1 aromatic carbocycles. The van der Waals surface area contributed by atoms with E-state index in [-0.39, 0.29) is 25.3 Å². The topological polar surface area (TPSA) is 114 Å².